The van der Waals surface area contributed by atoms with Gasteiger partial charge in [0.25, 0.3) is 0 Å². The standard InChI is InChI=1S/C16H27N5O3S/c1-2-3-5-20-6-7-21-15(11-20)9-14(19-21)10-17-16(22)18-13-4-8-25(23,24)12-13/h9,13H,2-8,10-12H2,1H3,(H2,17,18,22)/t13-/m1/s1. The van der Waals surface area contributed by atoms with E-state index in [1.54, 1.807) is 0 Å². The second-order valence-electron chi connectivity index (χ2n) is 6.91. The Kier molecular flexibility index (Phi) is 5.63. The molecule has 2 aliphatic heterocycles. The number of urea groups is 1. The Morgan fingerprint density at radius 3 is 2.96 bits per heavy atom. The van der Waals surface area contributed by atoms with E-state index in [1.165, 1.54) is 18.5 Å². The van der Waals surface area contributed by atoms with Crippen LogP contribution in [0, 0.1) is 0 Å². The molecule has 3 heterocycles. The van der Waals surface area contributed by atoms with Gasteiger partial charge < -0.3 is 10.6 Å². The number of unbranched alkanes of at least 4 members (excludes halogenated alkanes) is 1. The third kappa shape index (κ3) is 4.94. The van der Waals surface area contributed by atoms with E-state index in [2.05, 4.69) is 27.6 Å². The molecule has 2 amide bonds. The van der Waals surface area contributed by atoms with E-state index in [9.17, 15) is 13.2 Å². The van der Waals surface area contributed by atoms with E-state index in [0.29, 0.717) is 13.0 Å². The molecular weight excluding hydrogens is 342 g/mol. The molecule has 0 aliphatic carbocycles. The molecule has 0 radical (unpaired) electrons. The molecule has 8 nitrogen and oxygen atoms in total. The van der Waals surface area contributed by atoms with Crippen molar-refractivity contribution in [3.8, 4) is 0 Å². The van der Waals surface area contributed by atoms with Crippen molar-refractivity contribution >= 4 is 15.9 Å². The molecule has 1 atom stereocenters. The van der Waals surface area contributed by atoms with Gasteiger partial charge in [0.2, 0.25) is 0 Å². The van der Waals surface area contributed by atoms with E-state index < -0.39 is 9.84 Å². The first-order chi connectivity index (χ1) is 11.9. The van der Waals surface area contributed by atoms with Gasteiger partial charge in [-0.2, -0.15) is 5.10 Å². The average molecular weight is 369 g/mol. The number of carbonyl (C=O) groups excluding carboxylic acids is 1. The fourth-order valence-corrected chi connectivity index (χ4v) is 5.03. The maximum Gasteiger partial charge on any atom is 0.315 e. The van der Waals surface area contributed by atoms with Crippen molar-refractivity contribution in [2.75, 3.05) is 24.6 Å². The lowest BCUT2D eigenvalue weighted by Crippen LogP contribution is -2.42. The molecule has 0 spiro atoms. The Bertz CT molecular complexity index is 715. The number of rotatable bonds is 6. The van der Waals surface area contributed by atoms with Crippen LogP contribution in [0.1, 0.15) is 37.6 Å². The number of amides is 2. The fourth-order valence-electron chi connectivity index (χ4n) is 3.36. The maximum atomic E-state index is 11.9. The summed E-state index contributed by atoms with van der Waals surface area (Å²) in [4.78, 5) is 14.4. The fraction of sp³-hybridized carbons (Fsp3) is 0.750. The van der Waals surface area contributed by atoms with Crippen molar-refractivity contribution in [3.63, 3.8) is 0 Å². The summed E-state index contributed by atoms with van der Waals surface area (Å²) in [5.41, 5.74) is 2.02. The van der Waals surface area contributed by atoms with Crippen LogP contribution in [0.5, 0.6) is 0 Å². The summed E-state index contributed by atoms with van der Waals surface area (Å²) < 4.78 is 24.9. The smallest absolute Gasteiger partial charge is 0.315 e. The molecule has 140 valence electrons. The van der Waals surface area contributed by atoms with Crippen LogP contribution in [0.15, 0.2) is 6.07 Å². The highest BCUT2D eigenvalue weighted by Gasteiger charge is 2.28. The number of nitrogens with one attached hydrogen (secondary N) is 2. The minimum atomic E-state index is -2.99. The lowest BCUT2D eigenvalue weighted by Gasteiger charge is -2.27. The molecule has 0 unspecified atom stereocenters. The predicted octanol–water partition coefficient (Wildman–Crippen LogP) is 0.485. The van der Waals surface area contributed by atoms with Gasteiger partial charge >= 0.3 is 6.03 Å². The third-order valence-electron chi connectivity index (χ3n) is 4.75. The minimum Gasteiger partial charge on any atom is -0.334 e. The van der Waals surface area contributed by atoms with Crippen LogP contribution in [0.3, 0.4) is 0 Å². The first kappa shape index (κ1) is 18.2. The minimum absolute atomic E-state index is 0.0345. The van der Waals surface area contributed by atoms with Crippen molar-refractivity contribution in [1.29, 1.82) is 0 Å². The molecule has 0 aromatic carbocycles. The molecule has 1 fully saturated rings. The summed E-state index contributed by atoms with van der Waals surface area (Å²) in [6, 6.07) is 1.42. The number of fused-ring (bicyclic) bond motifs is 1. The molecule has 0 saturated carbocycles. The summed E-state index contributed by atoms with van der Waals surface area (Å²) in [5, 5.41) is 10.0. The average Bonchev–Trinajstić information content (AvgIpc) is 3.12. The van der Waals surface area contributed by atoms with Crippen LogP contribution in [0.25, 0.3) is 0 Å². The summed E-state index contributed by atoms with van der Waals surface area (Å²) in [7, 11) is -2.99. The van der Waals surface area contributed by atoms with Crippen molar-refractivity contribution in [2.24, 2.45) is 0 Å². The molecule has 2 aliphatic rings. The number of carbonyl (C=O) groups is 1. The van der Waals surface area contributed by atoms with Gasteiger partial charge in [-0.15, -0.1) is 0 Å². The van der Waals surface area contributed by atoms with Gasteiger partial charge in [-0.25, -0.2) is 13.2 Å². The SMILES string of the molecule is CCCCN1CCn2nc(CNC(=O)N[C@@H]3CCS(=O)(=O)C3)cc2C1. The van der Waals surface area contributed by atoms with E-state index in [4.69, 9.17) is 0 Å². The zero-order chi connectivity index (χ0) is 17.9. The Morgan fingerprint density at radius 1 is 1.40 bits per heavy atom. The van der Waals surface area contributed by atoms with Crippen molar-refractivity contribution in [2.45, 2.75) is 51.9 Å². The lowest BCUT2D eigenvalue weighted by atomic mass is 10.2. The molecule has 1 aromatic heterocycles. The molecule has 25 heavy (non-hydrogen) atoms. The number of nitrogens with zero attached hydrogens (tertiary/aromatic N) is 3. The zero-order valence-corrected chi connectivity index (χ0v) is 15.5. The lowest BCUT2D eigenvalue weighted by molar-refractivity contribution is 0.210. The molecule has 2 N–H and O–H groups in total. The molecule has 9 heteroatoms. The second kappa shape index (κ2) is 7.74. The molecule has 1 saturated heterocycles. The van der Waals surface area contributed by atoms with Crippen LogP contribution in [0.2, 0.25) is 0 Å². The summed E-state index contributed by atoms with van der Waals surface area (Å²) in [6.45, 7) is 6.45. The van der Waals surface area contributed by atoms with Crippen LogP contribution >= 0.6 is 0 Å². The van der Waals surface area contributed by atoms with E-state index >= 15 is 0 Å². The van der Waals surface area contributed by atoms with Gasteiger partial charge in [-0.1, -0.05) is 13.3 Å². The first-order valence-corrected chi connectivity index (χ1v) is 10.8. The van der Waals surface area contributed by atoms with Crippen LogP contribution in [-0.2, 0) is 29.5 Å². The van der Waals surface area contributed by atoms with Crippen molar-refractivity contribution in [1.82, 2.24) is 25.3 Å². The third-order valence-corrected chi connectivity index (χ3v) is 6.52. The number of hydrogen-bond donors (Lipinski definition) is 2. The number of aromatic nitrogens is 2. The topological polar surface area (TPSA) is 96.3 Å². The van der Waals surface area contributed by atoms with Crippen molar-refractivity contribution in [3.05, 3.63) is 17.5 Å². The largest absolute Gasteiger partial charge is 0.334 e. The van der Waals surface area contributed by atoms with Gasteiger partial charge in [0, 0.05) is 19.1 Å². The summed E-state index contributed by atoms with van der Waals surface area (Å²) >= 11 is 0. The zero-order valence-electron chi connectivity index (χ0n) is 14.7. The van der Waals surface area contributed by atoms with Gasteiger partial charge in [-0.05, 0) is 25.5 Å². The number of sulfone groups is 1. The van der Waals surface area contributed by atoms with Gasteiger partial charge in [-0.3, -0.25) is 9.58 Å². The van der Waals surface area contributed by atoms with Gasteiger partial charge in [0.1, 0.15) is 0 Å². The highest BCUT2D eigenvalue weighted by molar-refractivity contribution is 7.91. The predicted molar refractivity (Wildman–Crippen MR) is 94.8 cm³/mol. The Balaban J connectivity index is 1.46. The quantitative estimate of drug-likeness (QED) is 0.761. The van der Waals surface area contributed by atoms with Gasteiger partial charge in [0.15, 0.2) is 9.84 Å². The molecular formula is C16H27N5O3S. The summed E-state index contributed by atoms with van der Waals surface area (Å²) in [6.07, 6.45) is 2.89. The Morgan fingerprint density at radius 2 is 2.24 bits per heavy atom. The number of hydrogen-bond acceptors (Lipinski definition) is 5. The van der Waals surface area contributed by atoms with E-state index in [1.807, 2.05) is 10.7 Å². The van der Waals surface area contributed by atoms with Crippen LogP contribution < -0.4 is 10.6 Å². The van der Waals surface area contributed by atoms with Crippen LogP contribution in [0.4, 0.5) is 4.79 Å². The molecule has 1 aromatic rings. The Labute approximate surface area is 148 Å². The van der Waals surface area contributed by atoms with E-state index in [-0.39, 0.29) is 23.6 Å². The highest BCUT2D eigenvalue weighted by Crippen LogP contribution is 2.14. The maximum absolute atomic E-state index is 11.9. The van der Waals surface area contributed by atoms with Crippen LogP contribution in [-0.4, -0.2) is 59.8 Å². The Hall–Kier alpha value is -1.61. The monoisotopic (exact) mass is 369 g/mol. The van der Waals surface area contributed by atoms with Gasteiger partial charge in [0.05, 0.1) is 36.0 Å². The summed E-state index contributed by atoms with van der Waals surface area (Å²) in [5.74, 6) is 0.188. The highest BCUT2D eigenvalue weighted by atomic mass is 32.2. The second-order valence-corrected chi connectivity index (χ2v) is 9.14. The molecule has 0 bridgehead atoms. The first-order valence-electron chi connectivity index (χ1n) is 8.98. The van der Waals surface area contributed by atoms with Crippen molar-refractivity contribution < 1.29 is 13.2 Å². The van der Waals surface area contributed by atoms with E-state index in [0.717, 1.165) is 31.9 Å². The normalized spacial score (nSPS) is 22.5. The molecule has 3 rings (SSSR count).